The Bertz CT molecular complexity index is 907. The van der Waals surface area contributed by atoms with Crippen LogP contribution in [-0.2, 0) is 4.79 Å². The molecule has 3 N–H and O–H groups in total. The van der Waals surface area contributed by atoms with E-state index in [1.54, 1.807) is 20.3 Å². The number of rotatable bonds is 5. The molecular weight excluding hydrogens is 384 g/mol. The number of piperazine rings is 1. The van der Waals surface area contributed by atoms with Crippen LogP contribution >= 0.6 is 0 Å². The van der Waals surface area contributed by atoms with Crippen molar-refractivity contribution in [3.8, 4) is 11.5 Å². The topological polar surface area (TPSA) is 106 Å². The third-order valence-electron chi connectivity index (χ3n) is 5.97. The van der Waals surface area contributed by atoms with Gasteiger partial charge in [-0.15, -0.1) is 0 Å². The summed E-state index contributed by atoms with van der Waals surface area (Å²) in [6, 6.07) is 3.93. The maximum atomic E-state index is 12.7. The summed E-state index contributed by atoms with van der Waals surface area (Å²) in [5, 5.41) is 4.18. The summed E-state index contributed by atoms with van der Waals surface area (Å²) >= 11 is 0. The predicted molar refractivity (Wildman–Crippen MR) is 116 cm³/mol. The molecule has 9 nitrogen and oxygen atoms in total. The molecule has 2 aromatic rings. The number of carbonyl (C=O) groups is 1. The highest BCUT2D eigenvalue weighted by molar-refractivity contribution is 5.91. The number of nitrogens with one attached hydrogen (secondary N) is 1. The number of carbonyl (C=O) groups excluding carboxylic acids is 1. The second-order valence-electron chi connectivity index (χ2n) is 7.85. The molecule has 4 rings (SSSR count). The SMILES string of the molecule is COc1cc2nc(N3CCN(C(=O)C[C@@H]4CCCCN4)CC3)nc(N)c2cc1OC. The molecule has 3 heterocycles. The first-order valence-electron chi connectivity index (χ1n) is 10.5. The van der Waals surface area contributed by atoms with Crippen molar-refractivity contribution < 1.29 is 14.3 Å². The van der Waals surface area contributed by atoms with Gasteiger partial charge in [-0.25, -0.2) is 4.98 Å². The molecule has 2 saturated heterocycles. The van der Waals surface area contributed by atoms with Crippen molar-refractivity contribution in [2.75, 3.05) is 57.6 Å². The Balaban J connectivity index is 1.44. The Morgan fingerprint density at radius 3 is 2.53 bits per heavy atom. The fourth-order valence-corrected chi connectivity index (χ4v) is 4.20. The molecule has 2 aliphatic rings. The second kappa shape index (κ2) is 8.91. The van der Waals surface area contributed by atoms with E-state index in [1.807, 2.05) is 11.0 Å². The van der Waals surface area contributed by atoms with Gasteiger partial charge in [0, 0.05) is 50.1 Å². The minimum absolute atomic E-state index is 0.227. The first-order chi connectivity index (χ1) is 14.6. The van der Waals surface area contributed by atoms with Crippen LogP contribution in [0.4, 0.5) is 11.8 Å². The number of nitrogens with two attached hydrogens (primary N) is 1. The molecule has 1 amide bonds. The van der Waals surface area contributed by atoms with Crippen LogP contribution in [0.15, 0.2) is 12.1 Å². The van der Waals surface area contributed by atoms with E-state index >= 15 is 0 Å². The van der Waals surface area contributed by atoms with Gasteiger partial charge in [-0.2, -0.15) is 4.98 Å². The molecule has 2 fully saturated rings. The summed E-state index contributed by atoms with van der Waals surface area (Å²) in [4.78, 5) is 25.9. The number of ether oxygens (including phenoxy) is 2. The number of piperidine rings is 1. The molecule has 0 aliphatic carbocycles. The molecular formula is C21H30N6O3. The van der Waals surface area contributed by atoms with Crippen LogP contribution in [0.2, 0.25) is 0 Å². The van der Waals surface area contributed by atoms with Crippen molar-refractivity contribution in [1.29, 1.82) is 0 Å². The molecule has 0 bridgehead atoms. The lowest BCUT2D eigenvalue weighted by Gasteiger charge is -2.36. The standard InChI is InChI=1S/C21H30N6O3/c1-29-17-12-15-16(13-18(17)30-2)24-21(25-20(15)22)27-9-7-26(8-10-27)19(28)11-14-5-3-4-6-23-14/h12-14,23H,3-11H2,1-2H3,(H2,22,24,25)/t14-/m0/s1. The molecule has 162 valence electrons. The highest BCUT2D eigenvalue weighted by atomic mass is 16.5. The summed E-state index contributed by atoms with van der Waals surface area (Å²) < 4.78 is 10.7. The number of amides is 1. The van der Waals surface area contributed by atoms with Gasteiger partial charge in [-0.1, -0.05) is 6.42 Å². The highest BCUT2D eigenvalue weighted by Gasteiger charge is 2.26. The van der Waals surface area contributed by atoms with Crippen LogP contribution in [0.1, 0.15) is 25.7 Å². The first-order valence-corrected chi connectivity index (χ1v) is 10.5. The van der Waals surface area contributed by atoms with Gasteiger partial charge in [0.05, 0.1) is 19.7 Å². The van der Waals surface area contributed by atoms with Crippen LogP contribution in [-0.4, -0.2) is 73.8 Å². The van der Waals surface area contributed by atoms with Crippen LogP contribution in [0.25, 0.3) is 10.9 Å². The zero-order valence-corrected chi connectivity index (χ0v) is 17.7. The lowest BCUT2D eigenvalue weighted by Crippen LogP contribution is -2.50. The van der Waals surface area contributed by atoms with Gasteiger partial charge >= 0.3 is 0 Å². The lowest BCUT2D eigenvalue weighted by molar-refractivity contribution is -0.132. The largest absolute Gasteiger partial charge is 0.493 e. The number of methoxy groups -OCH3 is 2. The minimum Gasteiger partial charge on any atom is -0.493 e. The van der Waals surface area contributed by atoms with Crippen molar-refractivity contribution in [3.63, 3.8) is 0 Å². The van der Waals surface area contributed by atoms with Crippen molar-refractivity contribution >= 4 is 28.6 Å². The maximum absolute atomic E-state index is 12.7. The third kappa shape index (κ3) is 4.21. The molecule has 0 saturated carbocycles. The second-order valence-corrected chi connectivity index (χ2v) is 7.85. The average Bonchev–Trinajstić information content (AvgIpc) is 2.79. The van der Waals surface area contributed by atoms with Crippen molar-refractivity contribution in [2.24, 2.45) is 0 Å². The Hall–Kier alpha value is -2.81. The van der Waals surface area contributed by atoms with E-state index in [9.17, 15) is 4.79 Å². The van der Waals surface area contributed by atoms with Crippen LogP contribution in [0.3, 0.4) is 0 Å². The van der Waals surface area contributed by atoms with E-state index in [1.165, 1.54) is 12.8 Å². The molecule has 1 atom stereocenters. The minimum atomic E-state index is 0.227. The maximum Gasteiger partial charge on any atom is 0.228 e. The smallest absolute Gasteiger partial charge is 0.228 e. The Morgan fingerprint density at radius 2 is 1.87 bits per heavy atom. The highest BCUT2D eigenvalue weighted by Crippen LogP contribution is 2.34. The van der Waals surface area contributed by atoms with Crippen LogP contribution < -0.4 is 25.4 Å². The number of fused-ring (bicyclic) bond motifs is 1. The molecule has 1 aromatic carbocycles. The van der Waals surface area contributed by atoms with Gasteiger partial charge in [-0.3, -0.25) is 4.79 Å². The number of anilines is 2. The summed E-state index contributed by atoms with van der Waals surface area (Å²) in [6.07, 6.45) is 4.08. The molecule has 30 heavy (non-hydrogen) atoms. The molecule has 2 aliphatic heterocycles. The van der Waals surface area contributed by atoms with Gasteiger partial charge < -0.3 is 30.3 Å². The summed E-state index contributed by atoms with van der Waals surface area (Å²) in [6.45, 7) is 3.71. The van der Waals surface area contributed by atoms with E-state index in [0.29, 0.717) is 67.4 Å². The van der Waals surface area contributed by atoms with Gasteiger partial charge in [0.1, 0.15) is 5.82 Å². The van der Waals surface area contributed by atoms with E-state index in [0.717, 1.165) is 18.4 Å². The van der Waals surface area contributed by atoms with Gasteiger partial charge in [0.25, 0.3) is 0 Å². The van der Waals surface area contributed by atoms with Crippen molar-refractivity contribution in [2.45, 2.75) is 31.7 Å². The van der Waals surface area contributed by atoms with Gasteiger partial charge in [0.2, 0.25) is 11.9 Å². The number of hydrogen-bond donors (Lipinski definition) is 2. The Kier molecular flexibility index (Phi) is 6.08. The molecule has 0 unspecified atom stereocenters. The number of aromatic nitrogens is 2. The van der Waals surface area contributed by atoms with Crippen LogP contribution in [0, 0.1) is 0 Å². The third-order valence-corrected chi connectivity index (χ3v) is 5.97. The summed E-state index contributed by atoms with van der Waals surface area (Å²) in [5.74, 6) is 2.39. The fraction of sp³-hybridized carbons (Fsp3) is 0.571. The molecule has 0 radical (unpaired) electrons. The van der Waals surface area contributed by atoms with Crippen molar-refractivity contribution in [1.82, 2.24) is 20.2 Å². The predicted octanol–water partition coefficient (Wildman–Crippen LogP) is 1.41. The number of hydrogen-bond acceptors (Lipinski definition) is 8. The normalized spacial score (nSPS) is 19.7. The average molecular weight is 415 g/mol. The summed E-state index contributed by atoms with van der Waals surface area (Å²) in [7, 11) is 3.18. The first kappa shape index (κ1) is 20.5. The molecule has 0 spiro atoms. The monoisotopic (exact) mass is 414 g/mol. The molecule has 1 aromatic heterocycles. The Labute approximate surface area is 176 Å². The van der Waals surface area contributed by atoms with Gasteiger partial charge in [-0.05, 0) is 25.5 Å². The van der Waals surface area contributed by atoms with E-state index < -0.39 is 0 Å². The van der Waals surface area contributed by atoms with E-state index in [2.05, 4.69) is 15.2 Å². The summed E-state index contributed by atoms with van der Waals surface area (Å²) in [5.41, 5.74) is 6.92. The zero-order chi connectivity index (χ0) is 21.1. The Morgan fingerprint density at radius 1 is 1.13 bits per heavy atom. The van der Waals surface area contributed by atoms with Gasteiger partial charge in [0.15, 0.2) is 11.5 Å². The number of nitrogens with zero attached hydrogens (tertiary/aromatic N) is 4. The number of nitrogen functional groups attached to an aromatic ring is 1. The quantitative estimate of drug-likeness (QED) is 0.757. The van der Waals surface area contributed by atoms with E-state index in [4.69, 9.17) is 20.2 Å². The van der Waals surface area contributed by atoms with Crippen LogP contribution in [0.5, 0.6) is 11.5 Å². The zero-order valence-electron chi connectivity index (χ0n) is 17.7. The lowest BCUT2D eigenvalue weighted by atomic mass is 10.0. The molecule has 9 heteroatoms. The van der Waals surface area contributed by atoms with E-state index in [-0.39, 0.29) is 5.91 Å². The van der Waals surface area contributed by atoms with Crippen molar-refractivity contribution in [3.05, 3.63) is 12.1 Å². The number of benzene rings is 1. The fourth-order valence-electron chi connectivity index (χ4n) is 4.20.